The zero-order valence-electron chi connectivity index (χ0n) is 13.5. The molecule has 1 amide bonds. The third kappa shape index (κ3) is 2.65. The Bertz CT molecular complexity index is 913. The lowest BCUT2D eigenvalue weighted by molar-refractivity contribution is 0.0998. The van der Waals surface area contributed by atoms with Gasteiger partial charge in [-0.15, -0.1) is 0 Å². The van der Waals surface area contributed by atoms with Crippen LogP contribution in [0.15, 0.2) is 24.4 Å². The molecule has 7 heteroatoms. The first kappa shape index (κ1) is 15.1. The molecule has 0 radical (unpaired) electrons. The maximum absolute atomic E-state index is 11.5. The van der Waals surface area contributed by atoms with E-state index in [0.717, 1.165) is 42.3 Å². The Morgan fingerprint density at radius 1 is 1.50 bits per heavy atom. The standard InChI is InChI=1S/C17H19N5OS/c1-10-3-2-4-14-15(10)21-17(24-14)19-8-11-5-6-22-13(7-11)12(9-20-22)16(18)23/h2-4,9,11H,5-8H2,1H3,(H2,18,23)(H,19,21). The SMILES string of the molecule is Cc1cccc2sc(NCC3CCn4ncc(C(N)=O)c4C3)nc12. The number of benzene rings is 1. The van der Waals surface area contributed by atoms with Crippen molar-refractivity contribution in [2.24, 2.45) is 11.7 Å². The van der Waals surface area contributed by atoms with Crippen LogP contribution in [-0.4, -0.2) is 27.2 Å². The maximum Gasteiger partial charge on any atom is 0.252 e. The number of anilines is 1. The van der Waals surface area contributed by atoms with Gasteiger partial charge in [0.15, 0.2) is 5.13 Å². The predicted octanol–water partition coefficient (Wildman–Crippen LogP) is 2.57. The minimum atomic E-state index is -0.397. The van der Waals surface area contributed by atoms with Crippen LogP contribution >= 0.6 is 11.3 Å². The molecular weight excluding hydrogens is 322 g/mol. The zero-order valence-corrected chi connectivity index (χ0v) is 14.3. The van der Waals surface area contributed by atoms with Crippen molar-refractivity contribution >= 4 is 32.6 Å². The van der Waals surface area contributed by atoms with Crippen LogP contribution in [0, 0.1) is 12.8 Å². The summed E-state index contributed by atoms with van der Waals surface area (Å²) in [7, 11) is 0. The number of amides is 1. The lowest BCUT2D eigenvalue weighted by atomic mass is 9.94. The Morgan fingerprint density at radius 2 is 2.38 bits per heavy atom. The molecule has 3 N–H and O–H groups in total. The van der Waals surface area contributed by atoms with E-state index in [0.29, 0.717) is 11.5 Å². The molecule has 1 unspecified atom stereocenters. The molecule has 0 fully saturated rings. The van der Waals surface area contributed by atoms with Crippen LogP contribution in [0.4, 0.5) is 5.13 Å². The topological polar surface area (TPSA) is 85.8 Å². The summed E-state index contributed by atoms with van der Waals surface area (Å²) in [5, 5.41) is 8.67. The number of rotatable bonds is 4. The van der Waals surface area contributed by atoms with Gasteiger partial charge in [0.2, 0.25) is 0 Å². The normalized spacial score (nSPS) is 17.0. The van der Waals surface area contributed by atoms with E-state index in [-0.39, 0.29) is 0 Å². The number of hydrogen-bond acceptors (Lipinski definition) is 5. The number of carbonyl (C=O) groups excluding carboxylic acids is 1. The number of nitrogens with zero attached hydrogens (tertiary/aromatic N) is 3. The van der Waals surface area contributed by atoms with E-state index in [1.165, 1.54) is 10.3 Å². The second kappa shape index (κ2) is 5.90. The largest absolute Gasteiger partial charge is 0.365 e. The number of nitrogens with one attached hydrogen (secondary N) is 1. The van der Waals surface area contributed by atoms with E-state index < -0.39 is 5.91 Å². The van der Waals surface area contributed by atoms with Gasteiger partial charge in [0, 0.05) is 13.1 Å². The van der Waals surface area contributed by atoms with E-state index >= 15 is 0 Å². The monoisotopic (exact) mass is 341 g/mol. The summed E-state index contributed by atoms with van der Waals surface area (Å²) in [6.45, 7) is 3.75. The number of primary amides is 1. The summed E-state index contributed by atoms with van der Waals surface area (Å²) in [6, 6.07) is 6.25. The van der Waals surface area contributed by atoms with Gasteiger partial charge >= 0.3 is 0 Å². The summed E-state index contributed by atoms with van der Waals surface area (Å²) >= 11 is 1.68. The van der Waals surface area contributed by atoms with E-state index in [2.05, 4.69) is 35.5 Å². The van der Waals surface area contributed by atoms with Crippen molar-refractivity contribution in [3.05, 3.63) is 41.2 Å². The van der Waals surface area contributed by atoms with Gasteiger partial charge in [-0.2, -0.15) is 5.10 Å². The first-order valence-corrected chi connectivity index (χ1v) is 8.88. The fourth-order valence-electron chi connectivity index (χ4n) is 3.27. The summed E-state index contributed by atoms with van der Waals surface area (Å²) in [6.07, 6.45) is 3.43. The Hall–Kier alpha value is -2.41. The molecule has 1 atom stereocenters. The molecular formula is C17H19N5OS. The number of aromatic nitrogens is 3. The fraction of sp³-hybridized carbons (Fsp3) is 0.353. The highest BCUT2D eigenvalue weighted by Crippen LogP contribution is 2.29. The Labute approximate surface area is 143 Å². The molecule has 2 aromatic heterocycles. The molecule has 1 aliphatic rings. The number of fused-ring (bicyclic) bond motifs is 2. The molecule has 0 aliphatic carbocycles. The molecule has 24 heavy (non-hydrogen) atoms. The van der Waals surface area contributed by atoms with Gasteiger partial charge in [-0.05, 0) is 37.3 Å². The lowest BCUT2D eigenvalue weighted by Gasteiger charge is -2.24. The molecule has 3 heterocycles. The highest BCUT2D eigenvalue weighted by Gasteiger charge is 2.24. The Balaban J connectivity index is 1.47. The van der Waals surface area contributed by atoms with Crippen LogP contribution in [0.3, 0.4) is 0 Å². The average Bonchev–Trinajstić information content (AvgIpc) is 3.17. The minimum absolute atomic E-state index is 0.397. The van der Waals surface area contributed by atoms with E-state index in [9.17, 15) is 4.79 Å². The van der Waals surface area contributed by atoms with Crippen molar-refractivity contribution in [3.63, 3.8) is 0 Å². The zero-order chi connectivity index (χ0) is 16.7. The van der Waals surface area contributed by atoms with Crippen LogP contribution in [-0.2, 0) is 13.0 Å². The highest BCUT2D eigenvalue weighted by molar-refractivity contribution is 7.22. The van der Waals surface area contributed by atoms with Gasteiger partial charge in [0.1, 0.15) is 0 Å². The van der Waals surface area contributed by atoms with Crippen molar-refractivity contribution in [2.45, 2.75) is 26.3 Å². The molecule has 0 saturated carbocycles. The average molecular weight is 341 g/mol. The van der Waals surface area contributed by atoms with E-state index in [1.54, 1.807) is 17.5 Å². The first-order valence-electron chi connectivity index (χ1n) is 8.06. The van der Waals surface area contributed by atoms with Gasteiger partial charge in [-0.1, -0.05) is 23.5 Å². The van der Waals surface area contributed by atoms with Crippen molar-refractivity contribution < 1.29 is 4.79 Å². The molecule has 4 rings (SSSR count). The van der Waals surface area contributed by atoms with E-state index in [4.69, 9.17) is 10.7 Å². The van der Waals surface area contributed by atoms with Crippen molar-refractivity contribution in [2.75, 3.05) is 11.9 Å². The number of hydrogen-bond donors (Lipinski definition) is 2. The smallest absolute Gasteiger partial charge is 0.252 e. The van der Waals surface area contributed by atoms with Crippen LogP contribution in [0.5, 0.6) is 0 Å². The summed E-state index contributed by atoms with van der Waals surface area (Å²) < 4.78 is 3.10. The number of nitrogens with two attached hydrogens (primary N) is 1. The third-order valence-electron chi connectivity index (χ3n) is 4.61. The molecule has 0 spiro atoms. The summed E-state index contributed by atoms with van der Waals surface area (Å²) in [4.78, 5) is 16.2. The number of para-hydroxylation sites is 1. The van der Waals surface area contributed by atoms with Crippen LogP contribution < -0.4 is 11.1 Å². The molecule has 1 aromatic carbocycles. The van der Waals surface area contributed by atoms with Crippen molar-refractivity contribution in [1.82, 2.24) is 14.8 Å². The number of carbonyl (C=O) groups is 1. The number of aryl methyl sites for hydroxylation is 2. The van der Waals surface area contributed by atoms with Gasteiger partial charge in [0.05, 0.1) is 27.7 Å². The van der Waals surface area contributed by atoms with Gasteiger partial charge in [-0.25, -0.2) is 4.98 Å². The van der Waals surface area contributed by atoms with Crippen LogP contribution in [0.1, 0.15) is 28.0 Å². The highest BCUT2D eigenvalue weighted by atomic mass is 32.1. The predicted molar refractivity (Wildman–Crippen MR) is 95.4 cm³/mol. The summed E-state index contributed by atoms with van der Waals surface area (Å²) in [5.41, 5.74) is 9.21. The quantitative estimate of drug-likeness (QED) is 0.764. The van der Waals surface area contributed by atoms with Crippen LogP contribution in [0.2, 0.25) is 0 Å². The van der Waals surface area contributed by atoms with Crippen molar-refractivity contribution in [1.29, 1.82) is 0 Å². The molecule has 0 saturated heterocycles. The Morgan fingerprint density at radius 3 is 3.17 bits per heavy atom. The Kier molecular flexibility index (Phi) is 3.72. The molecule has 3 aromatic rings. The maximum atomic E-state index is 11.5. The molecule has 124 valence electrons. The van der Waals surface area contributed by atoms with Crippen LogP contribution in [0.25, 0.3) is 10.2 Å². The second-order valence-corrected chi connectivity index (χ2v) is 7.30. The summed E-state index contributed by atoms with van der Waals surface area (Å²) in [5.74, 6) is 0.0481. The van der Waals surface area contributed by atoms with Crippen molar-refractivity contribution in [3.8, 4) is 0 Å². The molecule has 1 aliphatic heterocycles. The second-order valence-electron chi connectivity index (χ2n) is 6.27. The lowest BCUT2D eigenvalue weighted by Crippen LogP contribution is -2.27. The van der Waals surface area contributed by atoms with Gasteiger partial charge in [-0.3, -0.25) is 9.48 Å². The minimum Gasteiger partial charge on any atom is -0.365 e. The fourth-order valence-corrected chi connectivity index (χ4v) is 4.22. The third-order valence-corrected chi connectivity index (χ3v) is 5.59. The molecule has 6 nitrogen and oxygen atoms in total. The first-order chi connectivity index (χ1) is 11.6. The number of thiazole rings is 1. The van der Waals surface area contributed by atoms with Gasteiger partial charge in [0.25, 0.3) is 5.91 Å². The van der Waals surface area contributed by atoms with Gasteiger partial charge < -0.3 is 11.1 Å². The van der Waals surface area contributed by atoms with E-state index in [1.807, 2.05) is 4.68 Å². The molecule has 0 bridgehead atoms.